The third-order valence-electron chi connectivity index (χ3n) is 3.61. The number of nitrogens with one attached hydrogen (secondary N) is 2. The van der Waals surface area contributed by atoms with Crippen LogP contribution < -0.4 is 5.56 Å². The summed E-state index contributed by atoms with van der Waals surface area (Å²) in [5, 5.41) is 0. The fourth-order valence-electron chi connectivity index (χ4n) is 2.30. The number of H-pyrrole nitrogens is 2. The summed E-state index contributed by atoms with van der Waals surface area (Å²) in [6.07, 6.45) is 1.78. The van der Waals surface area contributed by atoms with Gasteiger partial charge in [0.2, 0.25) is 0 Å². The lowest BCUT2D eigenvalue weighted by molar-refractivity contribution is -0.0543. The van der Waals surface area contributed by atoms with Crippen molar-refractivity contribution < 1.29 is 4.74 Å². The average Bonchev–Trinajstić information content (AvgIpc) is 2.68. The van der Waals surface area contributed by atoms with Crippen molar-refractivity contribution >= 4 is 33.8 Å². The summed E-state index contributed by atoms with van der Waals surface area (Å²) in [6, 6.07) is 0. The second kappa shape index (κ2) is 4.01. The molecule has 1 aliphatic heterocycles. The van der Waals surface area contributed by atoms with Gasteiger partial charge < -0.3 is 9.72 Å². The number of hydrogen-bond acceptors (Lipinski definition) is 4. The molecule has 0 saturated carbocycles. The molecule has 0 bridgehead atoms. The van der Waals surface area contributed by atoms with Gasteiger partial charge in [0.25, 0.3) is 5.56 Å². The predicted molar refractivity (Wildman–Crippen MR) is 74.8 cm³/mol. The molecular weight excluding hydrogens is 268 g/mol. The normalized spacial score (nSPS) is 23.2. The van der Waals surface area contributed by atoms with E-state index in [2.05, 4.69) is 23.8 Å². The number of aromatic amines is 2. The Morgan fingerprint density at radius 3 is 3.00 bits per heavy atom. The monoisotopic (exact) mass is 282 g/mol. The van der Waals surface area contributed by atoms with Gasteiger partial charge in [0, 0.05) is 11.3 Å². The highest BCUT2D eigenvalue weighted by atomic mass is 32.1. The van der Waals surface area contributed by atoms with E-state index in [0.29, 0.717) is 11.4 Å². The topological polar surface area (TPSA) is 57.9 Å². The van der Waals surface area contributed by atoms with Crippen LogP contribution in [0.4, 0.5) is 0 Å². The largest absolute Gasteiger partial charge is 0.369 e. The van der Waals surface area contributed by atoms with E-state index < -0.39 is 0 Å². The maximum Gasteiger partial charge on any atom is 0.269 e. The van der Waals surface area contributed by atoms with Gasteiger partial charge in [-0.1, -0.05) is 6.92 Å². The summed E-state index contributed by atoms with van der Waals surface area (Å²) < 4.78 is 7.01. The fourth-order valence-corrected chi connectivity index (χ4v) is 3.58. The van der Waals surface area contributed by atoms with Gasteiger partial charge in [-0.2, -0.15) is 0 Å². The molecule has 2 aromatic rings. The molecule has 0 saturated heterocycles. The maximum atomic E-state index is 11.9. The van der Waals surface area contributed by atoms with Crippen molar-refractivity contribution in [2.24, 2.45) is 0 Å². The molecule has 6 heteroatoms. The number of ether oxygens (including phenoxy) is 1. The second-order valence-corrected chi connectivity index (χ2v) is 6.40. The van der Waals surface area contributed by atoms with Crippen LogP contribution in [0, 0.1) is 4.77 Å². The average molecular weight is 282 g/mol. The first kappa shape index (κ1) is 12.1. The van der Waals surface area contributed by atoms with Crippen LogP contribution in [0.25, 0.3) is 10.2 Å². The quantitative estimate of drug-likeness (QED) is 0.791. The zero-order valence-corrected chi connectivity index (χ0v) is 11.9. The van der Waals surface area contributed by atoms with Gasteiger partial charge in [0.15, 0.2) is 4.77 Å². The van der Waals surface area contributed by atoms with E-state index in [9.17, 15) is 4.79 Å². The number of fused-ring (bicyclic) bond motifs is 3. The molecule has 0 fully saturated rings. The second-order valence-electron chi connectivity index (χ2n) is 4.89. The number of thiophene rings is 1. The predicted octanol–water partition coefficient (Wildman–Crippen LogP) is 2.89. The lowest BCUT2D eigenvalue weighted by atomic mass is 9.91. The third kappa shape index (κ3) is 1.75. The first-order valence-corrected chi connectivity index (χ1v) is 7.16. The van der Waals surface area contributed by atoms with Gasteiger partial charge in [-0.05, 0) is 31.1 Å². The van der Waals surface area contributed by atoms with Crippen LogP contribution in [0.2, 0.25) is 0 Å². The van der Waals surface area contributed by atoms with Crippen LogP contribution in [-0.4, -0.2) is 15.6 Å². The zero-order valence-electron chi connectivity index (χ0n) is 10.3. The molecule has 0 aliphatic carbocycles. The number of hydrogen-bond donors (Lipinski definition) is 2. The third-order valence-corrected chi connectivity index (χ3v) is 5.02. The Morgan fingerprint density at radius 2 is 2.28 bits per heavy atom. The molecule has 1 unspecified atom stereocenters. The van der Waals surface area contributed by atoms with E-state index in [-0.39, 0.29) is 11.2 Å². The summed E-state index contributed by atoms with van der Waals surface area (Å²) >= 11 is 6.55. The number of rotatable bonds is 1. The van der Waals surface area contributed by atoms with Crippen LogP contribution in [0.1, 0.15) is 30.7 Å². The summed E-state index contributed by atoms with van der Waals surface area (Å²) in [7, 11) is 0. The van der Waals surface area contributed by atoms with Crippen molar-refractivity contribution in [2.75, 3.05) is 0 Å². The van der Waals surface area contributed by atoms with E-state index in [4.69, 9.17) is 17.0 Å². The SMILES string of the molecule is CCC1(C)Cc2c(sc3c(=O)[nH]c(=S)[nH]c23)CO1. The lowest BCUT2D eigenvalue weighted by Crippen LogP contribution is -2.34. The van der Waals surface area contributed by atoms with Crippen molar-refractivity contribution in [2.45, 2.75) is 38.9 Å². The Morgan fingerprint density at radius 1 is 1.50 bits per heavy atom. The van der Waals surface area contributed by atoms with Crippen LogP contribution >= 0.6 is 23.6 Å². The Hall–Kier alpha value is -0.980. The molecule has 18 heavy (non-hydrogen) atoms. The van der Waals surface area contributed by atoms with E-state index in [1.165, 1.54) is 16.9 Å². The minimum absolute atomic E-state index is 0.105. The van der Waals surface area contributed by atoms with Gasteiger partial charge in [0.05, 0.1) is 17.7 Å². The van der Waals surface area contributed by atoms with Crippen molar-refractivity contribution in [1.82, 2.24) is 9.97 Å². The minimum atomic E-state index is -0.140. The Labute approximate surface area is 113 Å². The first-order valence-electron chi connectivity index (χ1n) is 5.93. The van der Waals surface area contributed by atoms with Crippen LogP contribution in [0.3, 0.4) is 0 Å². The molecule has 0 radical (unpaired) electrons. The smallest absolute Gasteiger partial charge is 0.269 e. The minimum Gasteiger partial charge on any atom is -0.369 e. The number of aromatic nitrogens is 2. The zero-order chi connectivity index (χ0) is 12.9. The molecule has 3 heterocycles. The van der Waals surface area contributed by atoms with E-state index in [1.54, 1.807) is 0 Å². The van der Waals surface area contributed by atoms with Gasteiger partial charge in [-0.15, -0.1) is 11.3 Å². The van der Waals surface area contributed by atoms with Crippen LogP contribution in [-0.2, 0) is 17.8 Å². The molecule has 96 valence electrons. The molecule has 1 aliphatic rings. The molecule has 0 amide bonds. The molecule has 0 spiro atoms. The summed E-state index contributed by atoms with van der Waals surface area (Å²) in [4.78, 5) is 18.8. The maximum absolute atomic E-state index is 11.9. The van der Waals surface area contributed by atoms with Gasteiger partial charge in [-0.25, -0.2) is 0 Å². The molecule has 2 aromatic heterocycles. The Bertz CT molecular complexity index is 728. The van der Waals surface area contributed by atoms with E-state index in [1.807, 2.05) is 0 Å². The van der Waals surface area contributed by atoms with Gasteiger partial charge in [-0.3, -0.25) is 9.78 Å². The summed E-state index contributed by atoms with van der Waals surface area (Å²) in [5.41, 5.74) is 1.85. The van der Waals surface area contributed by atoms with Crippen molar-refractivity contribution in [1.29, 1.82) is 0 Å². The highest BCUT2D eigenvalue weighted by Gasteiger charge is 2.32. The van der Waals surface area contributed by atoms with Crippen molar-refractivity contribution in [3.63, 3.8) is 0 Å². The van der Waals surface area contributed by atoms with Crippen molar-refractivity contribution in [3.05, 3.63) is 25.6 Å². The first-order chi connectivity index (χ1) is 8.52. The van der Waals surface area contributed by atoms with Crippen molar-refractivity contribution in [3.8, 4) is 0 Å². The lowest BCUT2D eigenvalue weighted by Gasteiger charge is -2.32. The molecular formula is C12H14N2O2S2. The molecule has 0 aromatic carbocycles. The van der Waals surface area contributed by atoms with Crippen LogP contribution in [0.15, 0.2) is 4.79 Å². The van der Waals surface area contributed by atoms with Gasteiger partial charge in [0.1, 0.15) is 4.70 Å². The Kier molecular flexibility index (Phi) is 2.69. The van der Waals surface area contributed by atoms with Crippen LogP contribution in [0.5, 0.6) is 0 Å². The molecule has 3 rings (SSSR count). The van der Waals surface area contributed by atoms with E-state index in [0.717, 1.165) is 27.9 Å². The van der Waals surface area contributed by atoms with E-state index >= 15 is 0 Å². The molecule has 2 N–H and O–H groups in total. The molecule has 4 nitrogen and oxygen atoms in total. The Balaban J connectivity index is 2.28. The standard InChI is InChI=1S/C12H14N2O2S2/c1-3-12(2)4-6-7(5-16-12)18-9-8(6)13-11(17)14-10(9)15/h3-5H2,1-2H3,(H2,13,14,15,17). The highest BCUT2D eigenvalue weighted by molar-refractivity contribution is 7.71. The summed E-state index contributed by atoms with van der Waals surface area (Å²) in [5.74, 6) is 0. The van der Waals surface area contributed by atoms with Gasteiger partial charge >= 0.3 is 0 Å². The fraction of sp³-hybridized carbons (Fsp3) is 0.500. The molecule has 1 atom stereocenters. The highest BCUT2D eigenvalue weighted by Crippen LogP contribution is 2.37. The summed E-state index contributed by atoms with van der Waals surface area (Å²) in [6.45, 7) is 4.81.